The first kappa shape index (κ1) is 7.90. The molecule has 4 N–H and O–H groups in total. The third kappa shape index (κ3) is 3.48. The predicted octanol–water partition coefficient (Wildman–Crippen LogP) is -1.40. The maximum Gasteiger partial charge on any atom is 0.305 e. The quantitative estimate of drug-likeness (QED) is 0.491. The Balaban J connectivity index is 3.63. The van der Waals surface area contributed by atoms with E-state index in [2.05, 4.69) is 0 Å². The van der Waals surface area contributed by atoms with Crippen LogP contribution in [0, 0.1) is 0 Å². The Kier molecular flexibility index (Phi) is 2.66. The molecule has 0 unspecified atom stereocenters. The molecule has 5 heteroatoms. The van der Waals surface area contributed by atoms with Crippen LogP contribution in [0.3, 0.4) is 0 Å². The van der Waals surface area contributed by atoms with E-state index >= 15 is 0 Å². The van der Waals surface area contributed by atoms with Crippen molar-refractivity contribution in [2.75, 3.05) is 0 Å². The molecule has 0 bridgehead atoms. The van der Waals surface area contributed by atoms with Crippen molar-refractivity contribution in [3.05, 3.63) is 0 Å². The lowest BCUT2D eigenvalue weighted by molar-refractivity contribution is -0.139. The van der Waals surface area contributed by atoms with Crippen molar-refractivity contribution in [1.29, 1.82) is 0 Å². The van der Waals surface area contributed by atoms with Crippen LogP contribution in [0.5, 0.6) is 0 Å². The number of nitrogens with two attached hydrogens (primary N) is 1. The van der Waals surface area contributed by atoms with E-state index in [1.165, 1.54) is 0 Å². The normalized spacial score (nSPS) is 12.6. The lowest BCUT2D eigenvalue weighted by atomic mass is 10.2. The van der Waals surface area contributed by atoms with Crippen LogP contribution in [0.1, 0.15) is 6.42 Å². The maximum atomic E-state index is 9.96. The van der Waals surface area contributed by atoms with Gasteiger partial charge < -0.3 is 10.8 Å². The smallest absolute Gasteiger partial charge is 0.305 e. The Hall–Kier alpha value is -1.10. The molecule has 1 atom stereocenters. The van der Waals surface area contributed by atoms with Crippen LogP contribution in [-0.4, -0.2) is 23.0 Å². The van der Waals surface area contributed by atoms with Crippen molar-refractivity contribution in [3.8, 4) is 0 Å². The number of nitrogens with one attached hydrogen (secondary N) is 1. The SMILES string of the molecule is [NH]C(=O)[C@@H](N)CC(=O)O. The zero-order valence-electron chi connectivity index (χ0n) is 4.63. The predicted molar refractivity (Wildman–Crippen MR) is 28.3 cm³/mol. The van der Waals surface area contributed by atoms with Gasteiger partial charge in [0.1, 0.15) is 0 Å². The standard InChI is InChI=1S/C4H7N2O3/c5-2(4(6)9)1-3(7)8/h2,6H,1,5H2,(H,7,8)/t2-/m0/s1. The highest BCUT2D eigenvalue weighted by Gasteiger charge is 2.13. The van der Waals surface area contributed by atoms with Gasteiger partial charge in [-0.15, -0.1) is 0 Å². The lowest BCUT2D eigenvalue weighted by Crippen LogP contribution is -2.33. The monoisotopic (exact) mass is 131 g/mol. The van der Waals surface area contributed by atoms with Gasteiger partial charge in [0.2, 0.25) is 0 Å². The molecule has 0 aromatic rings. The number of amides is 1. The van der Waals surface area contributed by atoms with Crippen LogP contribution in [0.4, 0.5) is 0 Å². The van der Waals surface area contributed by atoms with E-state index in [1.54, 1.807) is 0 Å². The summed E-state index contributed by atoms with van der Waals surface area (Å²) < 4.78 is 0. The molecule has 0 rings (SSSR count). The van der Waals surface area contributed by atoms with Crippen LogP contribution in [0.15, 0.2) is 0 Å². The van der Waals surface area contributed by atoms with Gasteiger partial charge >= 0.3 is 5.97 Å². The molecule has 0 aromatic heterocycles. The van der Waals surface area contributed by atoms with Gasteiger partial charge in [-0.1, -0.05) is 0 Å². The molecule has 0 aliphatic heterocycles. The zero-order valence-corrected chi connectivity index (χ0v) is 4.63. The number of carboxylic acids is 1. The summed E-state index contributed by atoms with van der Waals surface area (Å²) in [5.74, 6) is -2.21. The van der Waals surface area contributed by atoms with Gasteiger partial charge in [0, 0.05) is 0 Å². The first-order valence-corrected chi connectivity index (χ1v) is 2.27. The van der Waals surface area contributed by atoms with Gasteiger partial charge in [-0.3, -0.25) is 15.3 Å². The van der Waals surface area contributed by atoms with Gasteiger partial charge in [-0.05, 0) is 0 Å². The lowest BCUT2D eigenvalue weighted by Gasteiger charge is -1.99. The van der Waals surface area contributed by atoms with Crippen molar-refractivity contribution in [2.45, 2.75) is 12.5 Å². The summed E-state index contributed by atoms with van der Waals surface area (Å²) in [7, 11) is 0. The molecular formula is C4H7N2O3. The fourth-order valence-corrected chi connectivity index (χ4v) is 0.281. The first-order valence-electron chi connectivity index (χ1n) is 2.27. The molecule has 0 spiro atoms. The first-order chi connectivity index (χ1) is 4.04. The van der Waals surface area contributed by atoms with E-state index in [4.69, 9.17) is 16.6 Å². The molecule has 5 nitrogen and oxygen atoms in total. The van der Waals surface area contributed by atoms with Crippen LogP contribution in [0.25, 0.3) is 0 Å². The molecular weight excluding hydrogens is 124 g/mol. The second-order valence-electron chi connectivity index (χ2n) is 1.57. The summed E-state index contributed by atoms with van der Waals surface area (Å²) in [4.78, 5) is 19.8. The summed E-state index contributed by atoms with van der Waals surface area (Å²) in [6, 6.07) is -1.18. The molecule has 0 heterocycles. The van der Waals surface area contributed by atoms with Gasteiger partial charge in [0.15, 0.2) is 0 Å². The number of rotatable bonds is 3. The average molecular weight is 131 g/mol. The summed E-state index contributed by atoms with van der Waals surface area (Å²) in [5, 5.41) is 8.02. The van der Waals surface area contributed by atoms with E-state index < -0.39 is 24.3 Å². The fraction of sp³-hybridized carbons (Fsp3) is 0.500. The summed E-state index contributed by atoms with van der Waals surface area (Å²) >= 11 is 0. The Bertz CT molecular complexity index is 134. The van der Waals surface area contributed by atoms with Crippen LogP contribution >= 0.6 is 0 Å². The summed E-state index contributed by atoms with van der Waals surface area (Å²) in [5.41, 5.74) is 11.2. The van der Waals surface area contributed by atoms with E-state index in [0.717, 1.165) is 0 Å². The summed E-state index contributed by atoms with van der Waals surface area (Å²) in [6.45, 7) is 0. The minimum atomic E-state index is -1.18. The molecule has 0 aliphatic carbocycles. The number of carbonyl (C=O) groups is 2. The third-order valence-electron chi connectivity index (χ3n) is 0.731. The third-order valence-corrected chi connectivity index (χ3v) is 0.731. The number of carbonyl (C=O) groups excluding carboxylic acids is 1. The summed E-state index contributed by atoms with van der Waals surface area (Å²) in [6.07, 6.45) is -0.470. The molecule has 1 amide bonds. The van der Waals surface area contributed by atoms with Crippen molar-refractivity contribution < 1.29 is 14.7 Å². The molecule has 51 valence electrons. The maximum absolute atomic E-state index is 9.96. The second-order valence-corrected chi connectivity index (χ2v) is 1.57. The van der Waals surface area contributed by atoms with Crippen LogP contribution in [0.2, 0.25) is 0 Å². The highest BCUT2D eigenvalue weighted by atomic mass is 16.4. The molecule has 9 heavy (non-hydrogen) atoms. The number of hydrogen-bond acceptors (Lipinski definition) is 3. The van der Waals surface area contributed by atoms with E-state index in [-0.39, 0.29) is 0 Å². The van der Waals surface area contributed by atoms with Gasteiger partial charge in [0.25, 0.3) is 5.91 Å². The van der Waals surface area contributed by atoms with Gasteiger partial charge in [-0.2, -0.15) is 0 Å². The number of hydrogen-bond donors (Lipinski definition) is 2. The largest absolute Gasteiger partial charge is 0.481 e. The zero-order chi connectivity index (χ0) is 7.44. The van der Waals surface area contributed by atoms with Crippen molar-refractivity contribution in [3.63, 3.8) is 0 Å². The second kappa shape index (κ2) is 3.03. The average Bonchev–Trinajstić information content (AvgIpc) is 1.63. The highest BCUT2D eigenvalue weighted by Crippen LogP contribution is 1.85. The molecule has 0 saturated heterocycles. The molecule has 0 aliphatic rings. The van der Waals surface area contributed by atoms with E-state index in [9.17, 15) is 9.59 Å². The van der Waals surface area contributed by atoms with Gasteiger partial charge in [-0.25, -0.2) is 0 Å². The highest BCUT2D eigenvalue weighted by molar-refractivity contribution is 5.83. The number of carboxylic acid groups (broad SMARTS) is 1. The van der Waals surface area contributed by atoms with E-state index in [0.29, 0.717) is 0 Å². The number of aliphatic carboxylic acids is 1. The van der Waals surface area contributed by atoms with Crippen LogP contribution in [-0.2, 0) is 9.59 Å². The Morgan fingerprint density at radius 3 is 2.22 bits per heavy atom. The Morgan fingerprint density at radius 1 is 1.67 bits per heavy atom. The Morgan fingerprint density at radius 2 is 2.11 bits per heavy atom. The topological polar surface area (TPSA) is 104 Å². The molecule has 0 aromatic carbocycles. The van der Waals surface area contributed by atoms with Crippen molar-refractivity contribution in [1.82, 2.24) is 5.73 Å². The molecule has 1 radical (unpaired) electrons. The minimum absolute atomic E-state index is 0.470. The van der Waals surface area contributed by atoms with Crippen LogP contribution < -0.4 is 11.5 Å². The van der Waals surface area contributed by atoms with Crippen molar-refractivity contribution >= 4 is 11.9 Å². The van der Waals surface area contributed by atoms with Crippen molar-refractivity contribution in [2.24, 2.45) is 5.73 Å². The van der Waals surface area contributed by atoms with E-state index in [1.807, 2.05) is 0 Å². The Labute approximate surface area is 51.6 Å². The van der Waals surface area contributed by atoms with Gasteiger partial charge in [0.05, 0.1) is 12.5 Å². The minimum Gasteiger partial charge on any atom is -0.481 e. The fourth-order valence-electron chi connectivity index (χ4n) is 0.281. The molecule has 0 saturated carbocycles. The molecule has 0 fully saturated rings.